The minimum absolute atomic E-state index is 0.0623. The number of methoxy groups -OCH3 is 1. The maximum absolute atomic E-state index is 13.4. The fourth-order valence-electron chi connectivity index (χ4n) is 3.72. The molecule has 0 radical (unpaired) electrons. The fraction of sp³-hybridized carbons (Fsp3) is 0.381. The quantitative estimate of drug-likeness (QED) is 0.596. The van der Waals surface area contributed by atoms with Crippen molar-refractivity contribution in [2.45, 2.75) is 6.92 Å². The Balaban J connectivity index is 1.67. The second-order valence-corrected chi connectivity index (χ2v) is 9.64. The Bertz CT molecular complexity index is 1210. The lowest BCUT2D eigenvalue weighted by atomic mass is 10.1. The summed E-state index contributed by atoms with van der Waals surface area (Å²) >= 11 is 0. The zero-order valence-electron chi connectivity index (χ0n) is 17.8. The number of aromatic nitrogens is 3. The van der Waals surface area contributed by atoms with E-state index >= 15 is 0 Å². The van der Waals surface area contributed by atoms with E-state index in [1.807, 2.05) is 24.3 Å². The van der Waals surface area contributed by atoms with E-state index in [0.29, 0.717) is 48.5 Å². The molecule has 0 saturated carbocycles. The average Bonchev–Trinajstić information content (AvgIpc) is 3.19. The number of pyridine rings is 1. The van der Waals surface area contributed by atoms with Crippen LogP contribution in [0.15, 0.2) is 36.5 Å². The predicted molar refractivity (Wildman–Crippen MR) is 117 cm³/mol. The third-order valence-electron chi connectivity index (χ3n) is 5.61. The maximum atomic E-state index is 13.4. The van der Waals surface area contributed by atoms with Crippen LogP contribution >= 0.6 is 0 Å². The first-order valence-corrected chi connectivity index (χ1v) is 11.7. The molecule has 1 aliphatic heterocycles. The number of carbonyl (C=O) groups excluding carboxylic acids is 1. The third kappa shape index (κ3) is 4.00. The van der Waals surface area contributed by atoms with Crippen molar-refractivity contribution in [2.75, 3.05) is 39.0 Å². The molecule has 1 aliphatic rings. The van der Waals surface area contributed by atoms with Gasteiger partial charge in [0.1, 0.15) is 5.75 Å². The van der Waals surface area contributed by atoms with Gasteiger partial charge in [-0.2, -0.15) is 9.40 Å². The Morgan fingerprint density at radius 2 is 1.81 bits per heavy atom. The average molecular weight is 444 g/mol. The molecule has 31 heavy (non-hydrogen) atoms. The Hall–Kier alpha value is -2.98. The van der Waals surface area contributed by atoms with E-state index in [1.165, 1.54) is 4.31 Å². The van der Waals surface area contributed by atoms with Gasteiger partial charge in [0.25, 0.3) is 5.91 Å². The summed E-state index contributed by atoms with van der Waals surface area (Å²) in [4.78, 5) is 19.8. The minimum atomic E-state index is -3.25. The predicted octanol–water partition coefficient (Wildman–Crippen LogP) is 1.75. The molecule has 10 heteroatoms. The van der Waals surface area contributed by atoms with Gasteiger partial charge in [0.2, 0.25) is 10.0 Å². The summed E-state index contributed by atoms with van der Waals surface area (Å²) in [6, 6.07) is 9.26. The highest BCUT2D eigenvalue weighted by Crippen LogP contribution is 2.27. The van der Waals surface area contributed by atoms with Gasteiger partial charge >= 0.3 is 0 Å². The van der Waals surface area contributed by atoms with E-state index < -0.39 is 10.0 Å². The minimum Gasteiger partial charge on any atom is -0.497 e. The molecule has 0 bridgehead atoms. The van der Waals surface area contributed by atoms with E-state index in [0.717, 1.165) is 11.3 Å². The molecule has 1 amide bonds. The second kappa shape index (κ2) is 8.27. The van der Waals surface area contributed by atoms with Crippen LogP contribution in [-0.4, -0.2) is 77.3 Å². The first-order valence-electron chi connectivity index (χ1n) is 10.1. The van der Waals surface area contributed by atoms with Gasteiger partial charge in [-0.25, -0.2) is 13.4 Å². The van der Waals surface area contributed by atoms with Gasteiger partial charge in [-0.1, -0.05) is 0 Å². The van der Waals surface area contributed by atoms with Crippen LogP contribution < -0.4 is 4.74 Å². The van der Waals surface area contributed by atoms with E-state index in [-0.39, 0.29) is 11.7 Å². The molecule has 4 rings (SSSR count). The summed E-state index contributed by atoms with van der Waals surface area (Å²) in [5, 5.41) is 4.95. The molecule has 1 saturated heterocycles. The standard InChI is InChI=1S/C21H25N5O4S/c1-4-31(28,29)26-11-9-25(10-12-26)21(27)17-13-19(15-5-7-16(30-3)8-6-15)23-20-18(17)14-22-24(20)2/h5-8,13-14H,4,9-12H2,1-3H3. The van der Waals surface area contributed by atoms with Gasteiger partial charge in [-0.3, -0.25) is 9.48 Å². The Kier molecular flexibility index (Phi) is 5.67. The lowest BCUT2D eigenvalue weighted by Gasteiger charge is -2.34. The van der Waals surface area contributed by atoms with E-state index in [1.54, 1.807) is 42.9 Å². The fourth-order valence-corrected chi connectivity index (χ4v) is 4.81. The van der Waals surface area contributed by atoms with Crippen LogP contribution in [0.4, 0.5) is 0 Å². The highest BCUT2D eigenvalue weighted by Gasteiger charge is 2.29. The van der Waals surface area contributed by atoms with Gasteiger partial charge in [0.15, 0.2) is 5.65 Å². The number of sulfonamides is 1. The number of aryl methyl sites for hydroxylation is 1. The molecule has 1 fully saturated rings. The Labute approximate surface area is 181 Å². The lowest BCUT2D eigenvalue weighted by Crippen LogP contribution is -2.50. The number of hydrogen-bond acceptors (Lipinski definition) is 6. The number of carbonyl (C=O) groups is 1. The monoisotopic (exact) mass is 443 g/mol. The number of ether oxygens (including phenoxy) is 1. The van der Waals surface area contributed by atoms with Crippen LogP contribution in [0.5, 0.6) is 5.75 Å². The first-order chi connectivity index (χ1) is 14.8. The number of fused-ring (bicyclic) bond motifs is 1. The zero-order chi connectivity index (χ0) is 22.2. The summed E-state index contributed by atoms with van der Waals surface area (Å²) in [6.45, 7) is 2.92. The molecule has 2 aromatic heterocycles. The molecule has 3 aromatic rings. The van der Waals surface area contributed by atoms with Gasteiger partial charge in [-0.05, 0) is 37.3 Å². The van der Waals surface area contributed by atoms with Gasteiger partial charge in [0.05, 0.1) is 35.7 Å². The topological polar surface area (TPSA) is 97.6 Å². The molecule has 1 aromatic carbocycles. The Morgan fingerprint density at radius 3 is 2.42 bits per heavy atom. The van der Waals surface area contributed by atoms with Crippen LogP contribution in [-0.2, 0) is 17.1 Å². The number of piperazine rings is 1. The third-order valence-corrected chi connectivity index (χ3v) is 7.49. The number of amides is 1. The van der Waals surface area contributed by atoms with Crippen molar-refractivity contribution in [3.63, 3.8) is 0 Å². The van der Waals surface area contributed by atoms with Gasteiger partial charge in [0, 0.05) is 38.8 Å². The molecule has 0 spiro atoms. The van der Waals surface area contributed by atoms with Crippen molar-refractivity contribution in [1.29, 1.82) is 0 Å². The highest BCUT2D eigenvalue weighted by molar-refractivity contribution is 7.89. The van der Waals surface area contributed by atoms with Crippen LogP contribution in [0.25, 0.3) is 22.3 Å². The van der Waals surface area contributed by atoms with E-state index in [4.69, 9.17) is 9.72 Å². The van der Waals surface area contributed by atoms with Crippen molar-refractivity contribution in [2.24, 2.45) is 7.05 Å². The first kappa shape index (κ1) is 21.3. The van der Waals surface area contributed by atoms with Crippen molar-refractivity contribution < 1.29 is 17.9 Å². The molecular weight excluding hydrogens is 418 g/mol. The van der Waals surface area contributed by atoms with Crippen molar-refractivity contribution in [3.8, 4) is 17.0 Å². The Morgan fingerprint density at radius 1 is 1.13 bits per heavy atom. The number of nitrogens with zero attached hydrogens (tertiary/aromatic N) is 5. The van der Waals surface area contributed by atoms with Crippen LogP contribution in [0, 0.1) is 0 Å². The summed E-state index contributed by atoms with van der Waals surface area (Å²) in [5.74, 6) is 0.651. The molecule has 0 N–H and O–H groups in total. The molecule has 0 unspecified atom stereocenters. The molecule has 9 nitrogen and oxygen atoms in total. The second-order valence-electron chi connectivity index (χ2n) is 7.38. The number of rotatable bonds is 5. The lowest BCUT2D eigenvalue weighted by molar-refractivity contribution is 0.0700. The van der Waals surface area contributed by atoms with Crippen molar-refractivity contribution in [1.82, 2.24) is 24.0 Å². The zero-order valence-corrected chi connectivity index (χ0v) is 18.6. The molecule has 0 atom stereocenters. The van der Waals surface area contributed by atoms with E-state index in [9.17, 15) is 13.2 Å². The van der Waals surface area contributed by atoms with Crippen LogP contribution in [0.3, 0.4) is 0 Å². The summed E-state index contributed by atoms with van der Waals surface area (Å²) in [6.07, 6.45) is 1.64. The van der Waals surface area contributed by atoms with Crippen molar-refractivity contribution >= 4 is 27.0 Å². The summed E-state index contributed by atoms with van der Waals surface area (Å²) < 4.78 is 32.6. The van der Waals surface area contributed by atoms with E-state index in [2.05, 4.69) is 5.10 Å². The maximum Gasteiger partial charge on any atom is 0.254 e. The number of benzene rings is 1. The number of hydrogen-bond donors (Lipinski definition) is 0. The van der Waals surface area contributed by atoms with Gasteiger partial charge < -0.3 is 9.64 Å². The smallest absolute Gasteiger partial charge is 0.254 e. The van der Waals surface area contributed by atoms with Crippen LogP contribution in [0.1, 0.15) is 17.3 Å². The summed E-state index contributed by atoms with van der Waals surface area (Å²) in [7, 11) is 0.143. The van der Waals surface area contributed by atoms with Gasteiger partial charge in [-0.15, -0.1) is 0 Å². The molecule has 164 valence electrons. The normalized spacial score (nSPS) is 15.4. The van der Waals surface area contributed by atoms with Crippen LogP contribution in [0.2, 0.25) is 0 Å². The molecule has 3 heterocycles. The highest BCUT2D eigenvalue weighted by atomic mass is 32.2. The molecular formula is C21H25N5O4S. The largest absolute Gasteiger partial charge is 0.497 e. The SMILES string of the molecule is CCS(=O)(=O)N1CCN(C(=O)c2cc(-c3ccc(OC)cc3)nc3c2cnn3C)CC1. The molecule has 0 aliphatic carbocycles. The summed E-state index contributed by atoms with van der Waals surface area (Å²) in [5.41, 5.74) is 2.64. The van der Waals surface area contributed by atoms with Crippen molar-refractivity contribution in [3.05, 3.63) is 42.1 Å².